The molecule has 0 fully saturated rings. The summed E-state index contributed by atoms with van der Waals surface area (Å²) in [7, 11) is 1.74. The second-order valence-electron chi connectivity index (χ2n) is 5.46. The van der Waals surface area contributed by atoms with Crippen molar-refractivity contribution in [1.29, 1.82) is 0 Å². The molecule has 0 saturated heterocycles. The third-order valence-electron chi connectivity index (χ3n) is 3.90. The SMILES string of the molecule is CCCNCc1ccc(-c2ccc(C)c(C)c2OC)cc1. The molecule has 1 N–H and O–H groups in total. The number of nitrogens with one attached hydrogen (secondary N) is 1. The number of aryl methyl sites for hydroxylation is 1. The Morgan fingerprint density at radius 1 is 1.00 bits per heavy atom. The van der Waals surface area contributed by atoms with E-state index >= 15 is 0 Å². The maximum Gasteiger partial charge on any atom is 0.129 e. The number of hydrogen-bond donors (Lipinski definition) is 1. The Labute approximate surface area is 128 Å². The van der Waals surface area contributed by atoms with E-state index in [1.807, 2.05) is 0 Å². The molecule has 0 amide bonds. The standard InChI is InChI=1S/C19H25NO/c1-5-12-20-13-16-7-9-17(10-8-16)18-11-6-14(2)15(3)19(18)21-4/h6-11,20H,5,12-13H2,1-4H3. The van der Waals surface area contributed by atoms with E-state index in [0.29, 0.717) is 0 Å². The minimum atomic E-state index is 0.929. The van der Waals surface area contributed by atoms with Gasteiger partial charge in [-0.2, -0.15) is 0 Å². The summed E-state index contributed by atoms with van der Waals surface area (Å²) in [6, 6.07) is 13.0. The Kier molecular flexibility index (Phi) is 5.40. The molecule has 0 aliphatic heterocycles. The van der Waals surface area contributed by atoms with Gasteiger partial charge in [-0.15, -0.1) is 0 Å². The van der Waals surface area contributed by atoms with Crippen LogP contribution >= 0.6 is 0 Å². The van der Waals surface area contributed by atoms with Crippen molar-refractivity contribution in [3.05, 3.63) is 53.1 Å². The maximum absolute atomic E-state index is 5.61. The van der Waals surface area contributed by atoms with Gasteiger partial charge in [0.15, 0.2) is 0 Å². The topological polar surface area (TPSA) is 21.3 Å². The summed E-state index contributed by atoms with van der Waals surface area (Å²) in [5.74, 6) is 0.979. The predicted molar refractivity (Wildman–Crippen MR) is 89.9 cm³/mol. The summed E-state index contributed by atoms with van der Waals surface area (Å²) in [6.07, 6.45) is 1.16. The van der Waals surface area contributed by atoms with E-state index in [0.717, 1.165) is 30.8 Å². The van der Waals surface area contributed by atoms with Gasteiger partial charge in [-0.1, -0.05) is 43.3 Å². The van der Waals surface area contributed by atoms with Gasteiger partial charge in [0.05, 0.1) is 7.11 Å². The second kappa shape index (κ2) is 7.28. The van der Waals surface area contributed by atoms with Crippen LogP contribution in [0.25, 0.3) is 11.1 Å². The average molecular weight is 283 g/mol. The molecule has 0 heterocycles. The quantitative estimate of drug-likeness (QED) is 0.789. The van der Waals surface area contributed by atoms with Crippen LogP contribution in [-0.2, 0) is 6.54 Å². The van der Waals surface area contributed by atoms with E-state index in [4.69, 9.17) is 4.74 Å². The van der Waals surface area contributed by atoms with Crippen LogP contribution in [0.5, 0.6) is 5.75 Å². The fourth-order valence-electron chi connectivity index (χ4n) is 2.49. The Morgan fingerprint density at radius 2 is 1.71 bits per heavy atom. The van der Waals surface area contributed by atoms with Crippen LogP contribution in [0.2, 0.25) is 0 Å². The highest BCUT2D eigenvalue weighted by molar-refractivity contribution is 5.73. The Morgan fingerprint density at radius 3 is 2.33 bits per heavy atom. The molecule has 2 aromatic carbocycles. The van der Waals surface area contributed by atoms with Crippen LogP contribution in [0.3, 0.4) is 0 Å². The van der Waals surface area contributed by atoms with Crippen molar-refractivity contribution in [2.75, 3.05) is 13.7 Å². The van der Waals surface area contributed by atoms with Gasteiger partial charge in [0.25, 0.3) is 0 Å². The Balaban J connectivity index is 2.25. The summed E-state index contributed by atoms with van der Waals surface area (Å²) >= 11 is 0. The molecule has 0 aliphatic rings. The minimum Gasteiger partial charge on any atom is -0.496 e. The lowest BCUT2D eigenvalue weighted by molar-refractivity contribution is 0.413. The van der Waals surface area contributed by atoms with Crippen LogP contribution in [0.1, 0.15) is 30.0 Å². The fraction of sp³-hybridized carbons (Fsp3) is 0.368. The lowest BCUT2D eigenvalue weighted by Crippen LogP contribution is -2.13. The zero-order valence-corrected chi connectivity index (χ0v) is 13.5. The van der Waals surface area contributed by atoms with Gasteiger partial charge in [0, 0.05) is 12.1 Å². The zero-order chi connectivity index (χ0) is 15.2. The van der Waals surface area contributed by atoms with Gasteiger partial charge in [-0.05, 0) is 49.1 Å². The highest BCUT2D eigenvalue weighted by Gasteiger charge is 2.10. The molecule has 2 aromatic rings. The largest absolute Gasteiger partial charge is 0.496 e. The Hall–Kier alpha value is -1.80. The molecule has 0 unspecified atom stereocenters. The van der Waals surface area contributed by atoms with Crippen LogP contribution in [0.4, 0.5) is 0 Å². The highest BCUT2D eigenvalue weighted by Crippen LogP contribution is 2.34. The lowest BCUT2D eigenvalue weighted by Gasteiger charge is -2.14. The van der Waals surface area contributed by atoms with Crippen molar-refractivity contribution in [2.45, 2.75) is 33.7 Å². The lowest BCUT2D eigenvalue weighted by atomic mass is 9.98. The highest BCUT2D eigenvalue weighted by atomic mass is 16.5. The van der Waals surface area contributed by atoms with E-state index in [9.17, 15) is 0 Å². The van der Waals surface area contributed by atoms with Crippen LogP contribution < -0.4 is 10.1 Å². The fourth-order valence-corrected chi connectivity index (χ4v) is 2.49. The molecule has 0 bridgehead atoms. The number of benzene rings is 2. The first kappa shape index (κ1) is 15.6. The molecule has 0 aliphatic carbocycles. The van der Waals surface area contributed by atoms with E-state index in [1.165, 1.54) is 22.3 Å². The molecule has 0 aromatic heterocycles. The molecular formula is C19H25NO. The first-order chi connectivity index (χ1) is 10.2. The van der Waals surface area contributed by atoms with Gasteiger partial charge < -0.3 is 10.1 Å². The van der Waals surface area contributed by atoms with Gasteiger partial charge in [0.2, 0.25) is 0 Å². The molecule has 21 heavy (non-hydrogen) atoms. The summed E-state index contributed by atoms with van der Waals surface area (Å²) in [4.78, 5) is 0. The number of ether oxygens (including phenoxy) is 1. The van der Waals surface area contributed by atoms with Crippen molar-refractivity contribution in [3.63, 3.8) is 0 Å². The molecule has 2 nitrogen and oxygen atoms in total. The predicted octanol–water partition coefficient (Wildman–Crippen LogP) is 4.48. The molecule has 0 atom stereocenters. The zero-order valence-electron chi connectivity index (χ0n) is 13.5. The molecule has 112 valence electrons. The smallest absolute Gasteiger partial charge is 0.129 e. The van der Waals surface area contributed by atoms with Crippen LogP contribution in [0, 0.1) is 13.8 Å². The number of rotatable bonds is 6. The summed E-state index contributed by atoms with van der Waals surface area (Å²) < 4.78 is 5.61. The molecule has 0 saturated carbocycles. The summed E-state index contributed by atoms with van der Waals surface area (Å²) in [5, 5.41) is 3.43. The van der Waals surface area contributed by atoms with E-state index < -0.39 is 0 Å². The minimum absolute atomic E-state index is 0.929. The molecule has 2 rings (SSSR count). The van der Waals surface area contributed by atoms with Crippen molar-refractivity contribution < 1.29 is 4.74 Å². The number of hydrogen-bond acceptors (Lipinski definition) is 2. The van der Waals surface area contributed by atoms with Crippen molar-refractivity contribution in [2.24, 2.45) is 0 Å². The van der Waals surface area contributed by atoms with Crippen molar-refractivity contribution >= 4 is 0 Å². The first-order valence-corrected chi connectivity index (χ1v) is 7.61. The third kappa shape index (κ3) is 3.64. The number of methoxy groups -OCH3 is 1. The molecule has 0 spiro atoms. The van der Waals surface area contributed by atoms with Gasteiger partial charge in [0.1, 0.15) is 5.75 Å². The summed E-state index contributed by atoms with van der Waals surface area (Å²) in [5.41, 5.74) is 6.15. The van der Waals surface area contributed by atoms with Gasteiger partial charge in [-0.3, -0.25) is 0 Å². The average Bonchev–Trinajstić information content (AvgIpc) is 2.51. The third-order valence-corrected chi connectivity index (χ3v) is 3.90. The van der Waals surface area contributed by atoms with Crippen molar-refractivity contribution in [1.82, 2.24) is 5.32 Å². The van der Waals surface area contributed by atoms with Crippen LogP contribution in [-0.4, -0.2) is 13.7 Å². The Bertz CT molecular complexity index is 587. The van der Waals surface area contributed by atoms with Crippen LogP contribution in [0.15, 0.2) is 36.4 Å². The summed E-state index contributed by atoms with van der Waals surface area (Å²) in [6.45, 7) is 8.40. The maximum atomic E-state index is 5.61. The van der Waals surface area contributed by atoms with Crippen molar-refractivity contribution in [3.8, 4) is 16.9 Å². The second-order valence-corrected chi connectivity index (χ2v) is 5.46. The molecule has 0 radical (unpaired) electrons. The van der Waals surface area contributed by atoms with E-state index in [-0.39, 0.29) is 0 Å². The van der Waals surface area contributed by atoms with E-state index in [1.54, 1.807) is 7.11 Å². The van der Waals surface area contributed by atoms with Gasteiger partial charge in [-0.25, -0.2) is 0 Å². The van der Waals surface area contributed by atoms with Gasteiger partial charge >= 0.3 is 0 Å². The molecule has 2 heteroatoms. The normalized spacial score (nSPS) is 10.7. The molecular weight excluding hydrogens is 258 g/mol. The van der Waals surface area contributed by atoms with E-state index in [2.05, 4.69) is 62.5 Å². The monoisotopic (exact) mass is 283 g/mol. The first-order valence-electron chi connectivity index (χ1n) is 7.61.